The summed E-state index contributed by atoms with van der Waals surface area (Å²) in [6.45, 7) is 1.98. The van der Waals surface area contributed by atoms with Crippen molar-refractivity contribution < 1.29 is 10.9 Å². The minimum atomic E-state index is -0.565. The highest BCUT2D eigenvalue weighted by molar-refractivity contribution is 7.14. The van der Waals surface area contributed by atoms with Crippen LogP contribution < -0.4 is 5.73 Å². The summed E-state index contributed by atoms with van der Waals surface area (Å²) in [5.74, 6) is -0.565. The number of carbonyl (C=O) groups excluding carboxylic acids is 1. The van der Waals surface area contributed by atoms with E-state index >= 15 is 0 Å². The van der Waals surface area contributed by atoms with Crippen molar-refractivity contribution in [2.45, 2.75) is 6.92 Å². The van der Waals surface area contributed by atoms with E-state index in [-0.39, 0.29) is 22.8 Å². The molecule has 0 spiro atoms. The smallest absolute Gasteiger partial charge is 0.360 e. The number of aromatic nitrogens is 1. The number of carbonyl (C=O) groups is 1. The predicted molar refractivity (Wildman–Crippen MR) is 42.5 cm³/mol. The number of anilines is 1. The maximum atomic E-state index is 11.0. The minimum absolute atomic E-state index is 0.0237. The van der Waals surface area contributed by atoms with Gasteiger partial charge in [0, 0.05) is 0 Å². The van der Waals surface area contributed by atoms with Gasteiger partial charge in [-0.25, -0.2) is 9.78 Å². The molecular weight excluding hydrogens is 164 g/mol. The van der Waals surface area contributed by atoms with Crippen LogP contribution in [0.3, 0.4) is 0 Å². The van der Waals surface area contributed by atoms with Gasteiger partial charge in [-0.15, -0.1) is 11.3 Å². The molecule has 1 rings (SSSR count). The molecule has 0 saturated carbocycles. The highest BCUT2D eigenvalue weighted by atomic mass is 32.1. The number of nitrogens with two attached hydrogens (primary N) is 1. The third-order valence-electron chi connectivity index (χ3n) is 1.02. The Morgan fingerprint density at radius 1 is 2.09 bits per heavy atom. The van der Waals surface area contributed by atoms with Crippen molar-refractivity contribution in [2.24, 2.45) is 0 Å². The van der Waals surface area contributed by atoms with E-state index in [1.54, 1.807) is 6.92 Å². The molecule has 4 nitrogen and oxygen atoms in total. The number of esters is 1. The summed E-state index contributed by atoms with van der Waals surface area (Å²) in [5, 5.41) is 0.235. The fraction of sp³-hybridized carbons (Fsp3) is 0.333. The zero-order valence-electron chi connectivity index (χ0n) is 6.96. The molecule has 0 radical (unpaired) electrons. The van der Waals surface area contributed by atoms with Gasteiger partial charge in [-0.1, -0.05) is 0 Å². The van der Waals surface area contributed by atoms with Gasteiger partial charge in [0.2, 0.25) is 0 Å². The van der Waals surface area contributed by atoms with Crippen LogP contribution in [-0.4, -0.2) is 17.6 Å². The number of hydrogen-bond acceptors (Lipinski definition) is 5. The molecule has 11 heavy (non-hydrogen) atoms. The van der Waals surface area contributed by atoms with Crippen LogP contribution in [0.5, 0.6) is 0 Å². The van der Waals surface area contributed by atoms with Gasteiger partial charge in [0.15, 0.2) is 5.69 Å². The Balaban J connectivity index is 2.87. The van der Waals surface area contributed by atoms with Gasteiger partial charge in [0.25, 0.3) is 0 Å². The molecule has 1 aromatic rings. The van der Waals surface area contributed by atoms with Crippen LogP contribution in [-0.2, 0) is 4.74 Å². The third kappa shape index (κ3) is 1.68. The summed E-state index contributed by atoms with van der Waals surface area (Å²) < 4.78 is 11.8. The Labute approximate surface area is 69.4 Å². The number of rotatable bonds is 2. The van der Waals surface area contributed by atoms with Gasteiger partial charge in [-0.05, 0) is 6.92 Å². The molecule has 0 aliphatic rings. The van der Waals surface area contributed by atoms with Crippen molar-refractivity contribution in [3.8, 4) is 0 Å². The van der Waals surface area contributed by atoms with Gasteiger partial charge >= 0.3 is 5.97 Å². The van der Waals surface area contributed by atoms with E-state index in [4.69, 9.17) is 7.10 Å². The van der Waals surface area contributed by atoms with E-state index in [0.29, 0.717) is 0 Å². The Hall–Kier alpha value is -1.10. The number of nitrogen functional groups attached to an aromatic ring is 1. The fourth-order valence-electron chi connectivity index (χ4n) is 0.567. The van der Waals surface area contributed by atoms with E-state index in [2.05, 4.69) is 9.72 Å². The van der Waals surface area contributed by atoms with Crippen molar-refractivity contribution in [2.75, 3.05) is 12.3 Å². The monoisotopic (exact) mass is 173 g/mol. The average molecular weight is 173 g/mol. The zero-order chi connectivity index (χ0) is 9.14. The van der Waals surface area contributed by atoms with Crippen molar-refractivity contribution >= 4 is 22.3 Å². The van der Waals surface area contributed by atoms with Crippen LogP contribution in [0, 0.1) is 0 Å². The van der Waals surface area contributed by atoms with Gasteiger partial charge in [-0.2, -0.15) is 0 Å². The standard InChI is InChI=1S/C6H8N2O2S/c1-2-10-6(9)4-5(7)11-3-8-4/h3H,2,7H2,1H3/i3D. The summed E-state index contributed by atoms with van der Waals surface area (Å²) in [7, 11) is 0. The van der Waals surface area contributed by atoms with E-state index in [9.17, 15) is 4.79 Å². The van der Waals surface area contributed by atoms with Crippen LogP contribution in [0.4, 0.5) is 5.00 Å². The summed E-state index contributed by atoms with van der Waals surface area (Å²) in [4.78, 5) is 14.7. The van der Waals surface area contributed by atoms with E-state index in [0.717, 1.165) is 11.3 Å². The number of ether oxygens (including phenoxy) is 1. The largest absolute Gasteiger partial charge is 0.461 e. The van der Waals surface area contributed by atoms with Crippen LogP contribution in [0.1, 0.15) is 18.8 Å². The molecule has 1 heterocycles. The van der Waals surface area contributed by atoms with E-state index in [1.807, 2.05) is 0 Å². The van der Waals surface area contributed by atoms with Crippen LogP contribution >= 0.6 is 11.3 Å². The maximum absolute atomic E-state index is 11.0. The van der Waals surface area contributed by atoms with Crippen LogP contribution in [0.2, 0.25) is 0 Å². The van der Waals surface area contributed by atoms with Crippen molar-refractivity contribution in [1.82, 2.24) is 4.98 Å². The van der Waals surface area contributed by atoms with Crippen molar-refractivity contribution in [1.29, 1.82) is 0 Å². The highest BCUT2D eigenvalue weighted by Gasteiger charge is 2.12. The van der Waals surface area contributed by atoms with Crippen LogP contribution in [0.25, 0.3) is 0 Å². The lowest BCUT2D eigenvalue weighted by atomic mass is 10.5. The molecule has 0 atom stereocenters. The highest BCUT2D eigenvalue weighted by Crippen LogP contribution is 2.15. The number of thiazole rings is 1. The molecule has 0 bridgehead atoms. The molecule has 0 aliphatic carbocycles. The molecule has 0 saturated heterocycles. The second kappa shape index (κ2) is 3.34. The summed E-state index contributed by atoms with van der Waals surface area (Å²) >= 11 is 0.956. The average Bonchev–Trinajstić information content (AvgIpc) is 2.30. The lowest BCUT2D eigenvalue weighted by Crippen LogP contribution is -2.06. The quantitative estimate of drug-likeness (QED) is 0.675. The molecule has 1 aromatic heterocycles. The Kier molecular flexibility index (Phi) is 2.00. The minimum Gasteiger partial charge on any atom is -0.461 e. The molecule has 0 unspecified atom stereocenters. The van der Waals surface area contributed by atoms with Gasteiger partial charge < -0.3 is 10.5 Å². The fourth-order valence-corrected chi connectivity index (χ4v) is 1.03. The molecular formula is C6H8N2O2S. The topological polar surface area (TPSA) is 65.2 Å². The maximum Gasteiger partial charge on any atom is 0.360 e. The lowest BCUT2D eigenvalue weighted by molar-refractivity contribution is 0.0521. The first-order valence-corrected chi connectivity index (χ1v) is 3.86. The molecule has 0 aliphatic heterocycles. The Bertz CT molecular complexity index is 300. The lowest BCUT2D eigenvalue weighted by Gasteiger charge is -1.97. The molecule has 60 valence electrons. The van der Waals surface area contributed by atoms with E-state index < -0.39 is 5.97 Å². The number of hydrogen-bond donors (Lipinski definition) is 1. The predicted octanol–water partition coefficient (Wildman–Crippen LogP) is 0.902. The third-order valence-corrected chi connectivity index (χ3v) is 1.61. The van der Waals surface area contributed by atoms with Crippen molar-refractivity contribution in [3.63, 3.8) is 0 Å². The SMILES string of the molecule is [2H]c1nc(C(=O)OCC)c(N)s1. The molecule has 2 N–H and O–H groups in total. The molecule has 0 amide bonds. The van der Waals surface area contributed by atoms with Gasteiger partial charge in [-0.3, -0.25) is 0 Å². The Morgan fingerprint density at radius 3 is 3.27 bits per heavy atom. The second-order valence-corrected chi connectivity index (χ2v) is 2.57. The first kappa shape index (κ1) is 6.60. The van der Waals surface area contributed by atoms with Crippen molar-refractivity contribution in [3.05, 3.63) is 11.2 Å². The summed E-state index contributed by atoms with van der Waals surface area (Å²) in [6, 6.07) is 0. The Morgan fingerprint density at radius 2 is 2.82 bits per heavy atom. The van der Waals surface area contributed by atoms with Gasteiger partial charge in [0.05, 0.1) is 13.5 Å². The number of nitrogens with zero attached hydrogens (tertiary/aromatic N) is 1. The van der Waals surface area contributed by atoms with Crippen LogP contribution in [0.15, 0.2) is 5.49 Å². The first-order valence-electron chi connectivity index (χ1n) is 3.55. The summed E-state index contributed by atoms with van der Waals surface area (Å²) in [6.07, 6.45) is 0. The molecule has 0 fully saturated rings. The van der Waals surface area contributed by atoms with Gasteiger partial charge in [0.1, 0.15) is 5.00 Å². The molecule has 5 heteroatoms. The second-order valence-electron chi connectivity index (χ2n) is 1.74. The normalized spacial score (nSPS) is 10.8. The first-order chi connectivity index (χ1) is 5.65. The van der Waals surface area contributed by atoms with E-state index in [1.165, 1.54) is 0 Å². The summed E-state index contributed by atoms with van der Waals surface area (Å²) in [5.41, 5.74) is 5.48. The molecule has 0 aromatic carbocycles. The zero-order valence-corrected chi connectivity index (χ0v) is 6.77.